The third-order valence-corrected chi connectivity index (χ3v) is 6.43. The second kappa shape index (κ2) is 13.1. The fourth-order valence-corrected chi connectivity index (χ4v) is 4.42. The summed E-state index contributed by atoms with van der Waals surface area (Å²) in [5.41, 5.74) is 0.543. The first-order chi connectivity index (χ1) is 16.5. The normalized spacial score (nSPS) is 20.0. The van der Waals surface area contributed by atoms with E-state index < -0.39 is 0 Å². The summed E-state index contributed by atoms with van der Waals surface area (Å²) in [5.74, 6) is 0.331. The summed E-state index contributed by atoms with van der Waals surface area (Å²) in [6, 6.07) is 11.4. The highest BCUT2D eigenvalue weighted by atomic mass is 16.5. The van der Waals surface area contributed by atoms with Crippen LogP contribution >= 0.6 is 0 Å². The molecule has 1 N–H and O–H groups in total. The lowest BCUT2D eigenvalue weighted by molar-refractivity contribution is -0.137. The maximum absolute atomic E-state index is 12.7. The Morgan fingerprint density at radius 2 is 1.76 bits per heavy atom. The minimum Gasteiger partial charge on any atom is -0.494 e. The number of carbonyl (C=O) groups is 2. The number of hydrogen-bond acceptors (Lipinski definition) is 6. The molecular weight excluding hydrogens is 432 g/mol. The van der Waals surface area contributed by atoms with E-state index in [1.54, 1.807) is 6.07 Å². The van der Waals surface area contributed by atoms with Crippen molar-refractivity contribution in [3.63, 3.8) is 0 Å². The van der Waals surface area contributed by atoms with E-state index in [1.807, 2.05) is 30.3 Å². The van der Waals surface area contributed by atoms with Crippen LogP contribution in [0.25, 0.3) is 10.8 Å². The zero-order chi connectivity index (χ0) is 24.3. The van der Waals surface area contributed by atoms with Gasteiger partial charge in [0.25, 0.3) is 0 Å². The van der Waals surface area contributed by atoms with Crippen LogP contribution in [0, 0.1) is 5.92 Å². The molecule has 184 valence electrons. The van der Waals surface area contributed by atoms with Gasteiger partial charge < -0.3 is 19.3 Å². The maximum Gasteiger partial charge on any atom is 0.338 e. The van der Waals surface area contributed by atoms with Gasteiger partial charge in [-0.3, -0.25) is 0 Å². The van der Waals surface area contributed by atoms with E-state index in [4.69, 9.17) is 14.2 Å². The Morgan fingerprint density at radius 1 is 1.03 bits per heavy atom. The second-order valence-corrected chi connectivity index (χ2v) is 8.94. The number of hydrogen-bond donors (Lipinski definition) is 1. The molecule has 3 atom stereocenters. The number of ether oxygens (including phenoxy) is 3. The van der Waals surface area contributed by atoms with Crippen molar-refractivity contribution in [1.82, 2.24) is 0 Å². The molecule has 3 rings (SSSR count). The summed E-state index contributed by atoms with van der Waals surface area (Å²) in [4.78, 5) is 23.7. The van der Waals surface area contributed by atoms with Gasteiger partial charge in [0.2, 0.25) is 0 Å². The van der Waals surface area contributed by atoms with Gasteiger partial charge in [-0.15, -0.1) is 0 Å². The minimum atomic E-state index is -0.376. The SMILES string of the molecule is C=CC(=O)OCCCCCCOc1ccc2cc(C(=O)O[C@@H]3CCC(O)C[C@H]3CC)ccc2c1. The van der Waals surface area contributed by atoms with E-state index in [2.05, 4.69) is 13.5 Å². The zero-order valence-corrected chi connectivity index (χ0v) is 20.0. The first kappa shape index (κ1) is 25.8. The number of fused-ring (bicyclic) bond motifs is 1. The third kappa shape index (κ3) is 7.59. The summed E-state index contributed by atoms with van der Waals surface area (Å²) in [6.45, 7) is 6.49. The van der Waals surface area contributed by atoms with Crippen molar-refractivity contribution in [2.75, 3.05) is 13.2 Å². The number of esters is 2. The fourth-order valence-electron chi connectivity index (χ4n) is 4.42. The standard InChI is InChI=1S/C28H36O6/c1-3-20-18-24(29)12-14-26(20)34-28(31)23-10-9-22-19-25(13-11-21(22)17-23)32-15-7-5-6-8-16-33-27(30)4-2/h4,9-11,13,17,19-20,24,26,29H,2-3,5-8,12,14-16,18H2,1H3/t20-,24?,26-/m1/s1. The molecule has 2 aromatic carbocycles. The van der Waals surface area contributed by atoms with E-state index in [0.29, 0.717) is 38.0 Å². The van der Waals surface area contributed by atoms with E-state index in [0.717, 1.165) is 48.6 Å². The molecule has 0 spiro atoms. The van der Waals surface area contributed by atoms with Crippen LogP contribution in [0.4, 0.5) is 0 Å². The first-order valence-corrected chi connectivity index (χ1v) is 12.3. The predicted octanol–water partition coefficient (Wildman–Crippen LogP) is 5.60. The molecule has 6 heteroatoms. The highest BCUT2D eigenvalue weighted by Crippen LogP contribution is 2.30. The minimum absolute atomic E-state index is 0.130. The fraction of sp³-hybridized carbons (Fsp3) is 0.500. The molecular formula is C28H36O6. The van der Waals surface area contributed by atoms with Crippen molar-refractivity contribution in [2.45, 2.75) is 70.5 Å². The van der Waals surface area contributed by atoms with Crippen molar-refractivity contribution in [2.24, 2.45) is 5.92 Å². The lowest BCUT2D eigenvalue weighted by Crippen LogP contribution is -2.35. The molecule has 1 unspecified atom stereocenters. The van der Waals surface area contributed by atoms with Gasteiger partial charge in [0.1, 0.15) is 11.9 Å². The summed E-state index contributed by atoms with van der Waals surface area (Å²) < 4.78 is 16.6. The summed E-state index contributed by atoms with van der Waals surface area (Å²) >= 11 is 0. The highest BCUT2D eigenvalue weighted by molar-refractivity contribution is 5.95. The van der Waals surface area contributed by atoms with Gasteiger partial charge in [0.05, 0.1) is 24.9 Å². The highest BCUT2D eigenvalue weighted by Gasteiger charge is 2.31. The molecule has 1 saturated carbocycles. The van der Waals surface area contributed by atoms with Gasteiger partial charge in [-0.1, -0.05) is 25.6 Å². The maximum atomic E-state index is 12.7. The Hall–Kier alpha value is -2.86. The largest absolute Gasteiger partial charge is 0.494 e. The van der Waals surface area contributed by atoms with Crippen molar-refractivity contribution < 1.29 is 28.9 Å². The van der Waals surface area contributed by atoms with Gasteiger partial charge in [0.15, 0.2) is 0 Å². The average molecular weight is 469 g/mol. The van der Waals surface area contributed by atoms with E-state index in [-0.39, 0.29) is 30.1 Å². The Kier molecular flexibility index (Phi) is 9.95. The Labute approximate surface area is 201 Å². The van der Waals surface area contributed by atoms with Crippen LogP contribution in [-0.4, -0.2) is 42.5 Å². The molecule has 0 heterocycles. The quantitative estimate of drug-likeness (QED) is 0.248. The van der Waals surface area contributed by atoms with Crippen LogP contribution < -0.4 is 4.74 Å². The summed E-state index contributed by atoms with van der Waals surface area (Å²) in [6.07, 6.45) is 7.48. The molecule has 1 aliphatic rings. The van der Waals surface area contributed by atoms with Crippen LogP contribution in [-0.2, 0) is 14.3 Å². The van der Waals surface area contributed by atoms with Gasteiger partial charge in [-0.25, -0.2) is 9.59 Å². The summed E-state index contributed by atoms with van der Waals surface area (Å²) in [5, 5.41) is 11.9. The van der Waals surface area contributed by atoms with Crippen molar-refractivity contribution in [3.8, 4) is 5.75 Å². The van der Waals surface area contributed by atoms with Gasteiger partial charge in [0, 0.05) is 6.08 Å². The van der Waals surface area contributed by atoms with Crippen LogP contribution in [0.1, 0.15) is 68.6 Å². The number of benzene rings is 2. The van der Waals surface area contributed by atoms with Gasteiger partial charge >= 0.3 is 11.9 Å². The van der Waals surface area contributed by atoms with Crippen LogP contribution in [0.2, 0.25) is 0 Å². The Balaban J connectivity index is 1.45. The van der Waals surface area contributed by atoms with Crippen molar-refractivity contribution in [1.29, 1.82) is 0 Å². The van der Waals surface area contributed by atoms with Crippen molar-refractivity contribution >= 4 is 22.7 Å². The monoisotopic (exact) mass is 468 g/mol. The second-order valence-electron chi connectivity index (χ2n) is 8.94. The van der Waals surface area contributed by atoms with E-state index in [9.17, 15) is 14.7 Å². The van der Waals surface area contributed by atoms with Crippen molar-refractivity contribution in [3.05, 3.63) is 54.6 Å². The van der Waals surface area contributed by atoms with Gasteiger partial charge in [-0.2, -0.15) is 0 Å². The molecule has 0 bridgehead atoms. The molecule has 0 amide bonds. The first-order valence-electron chi connectivity index (χ1n) is 12.3. The number of aliphatic hydroxyl groups is 1. The van der Waals surface area contributed by atoms with Gasteiger partial charge in [-0.05, 0) is 92.3 Å². The summed E-state index contributed by atoms with van der Waals surface area (Å²) in [7, 11) is 0. The Bertz CT molecular complexity index is 969. The molecule has 0 saturated heterocycles. The predicted molar refractivity (Wildman–Crippen MR) is 132 cm³/mol. The number of rotatable bonds is 12. The molecule has 2 aromatic rings. The zero-order valence-electron chi connectivity index (χ0n) is 20.0. The molecule has 0 aliphatic heterocycles. The Morgan fingerprint density at radius 3 is 2.53 bits per heavy atom. The van der Waals surface area contributed by atoms with Crippen LogP contribution in [0.15, 0.2) is 49.1 Å². The molecule has 0 radical (unpaired) electrons. The smallest absolute Gasteiger partial charge is 0.338 e. The number of carbonyl (C=O) groups excluding carboxylic acids is 2. The number of unbranched alkanes of at least 4 members (excludes halogenated alkanes) is 3. The molecule has 1 fully saturated rings. The van der Waals surface area contributed by atoms with Crippen LogP contribution in [0.5, 0.6) is 5.75 Å². The molecule has 34 heavy (non-hydrogen) atoms. The lowest BCUT2D eigenvalue weighted by Gasteiger charge is -2.33. The molecule has 1 aliphatic carbocycles. The molecule has 6 nitrogen and oxygen atoms in total. The van der Waals surface area contributed by atoms with E-state index in [1.165, 1.54) is 6.08 Å². The van der Waals surface area contributed by atoms with Crippen LogP contribution in [0.3, 0.4) is 0 Å². The number of aliphatic hydroxyl groups excluding tert-OH is 1. The lowest BCUT2D eigenvalue weighted by atomic mass is 9.83. The topological polar surface area (TPSA) is 82.1 Å². The third-order valence-electron chi connectivity index (χ3n) is 6.43. The van der Waals surface area contributed by atoms with E-state index >= 15 is 0 Å². The average Bonchev–Trinajstić information content (AvgIpc) is 2.85. The molecule has 0 aromatic heterocycles.